The Labute approximate surface area is 110 Å². The van der Waals surface area contributed by atoms with Crippen molar-refractivity contribution < 1.29 is 4.74 Å². The van der Waals surface area contributed by atoms with Gasteiger partial charge in [-0.25, -0.2) is 0 Å². The van der Waals surface area contributed by atoms with Gasteiger partial charge < -0.3 is 10.2 Å². The van der Waals surface area contributed by atoms with Gasteiger partial charge in [-0.3, -0.25) is 10.8 Å². The molecule has 3 aromatic rings. The van der Waals surface area contributed by atoms with Crippen LogP contribution in [0.1, 0.15) is 0 Å². The third-order valence-electron chi connectivity index (χ3n) is 2.85. The van der Waals surface area contributed by atoms with Crippen LogP contribution >= 0.6 is 0 Å². The lowest BCUT2D eigenvalue weighted by atomic mass is 10.2. The van der Waals surface area contributed by atoms with E-state index in [2.05, 4.69) is 10.4 Å². The second-order valence-electron chi connectivity index (χ2n) is 4.10. The fraction of sp³-hybridized carbons (Fsp3) is 0. The monoisotopic (exact) mass is 251 g/mol. The van der Waals surface area contributed by atoms with E-state index in [4.69, 9.17) is 10.6 Å². The molecule has 0 amide bonds. The number of ether oxygens (including phenoxy) is 1. The maximum Gasteiger partial charge on any atom is 0.128 e. The number of rotatable bonds is 3. The maximum atomic E-state index is 5.79. The summed E-state index contributed by atoms with van der Waals surface area (Å²) in [5, 5.41) is 0.929. The standard InChI is InChI=1S/C15H13N3O/c16-18-15-8-9-17-14-7-6-12(10-13(14)15)19-11-4-2-1-3-5-11/h1-10H,16H2,(H,17,18). The van der Waals surface area contributed by atoms with Gasteiger partial charge in [-0.15, -0.1) is 0 Å². The van der Waals surface area contributed by atoms with Crippen LogP contribution in [0, 0.1) is 0 Å². The molecule has 94 valence electrons. The van der Waals surface area contributed by atoms with E-state index < -0.39 is 0 Å². The summed E-state index contributed by atoms with van der Waals surface area (Å²) < 4.78 is 5.79. The predicted molar refractivity (Wildman–Crippen MR) is 76.1 cm³/mol. The van der Waals surface area contributed by atoms with Crippen molar-refractivity contribution in [2.75, 3.05) is 5.43 Å². The van der Waals surface area contributed by atoms with Crippen molar-refractivity contribution in [1.82, 2.24) is 4.98 Å². The van der Waals surface area contributed by atoms with Crippen LogP contribution in [0.4, 0.5) is 5.69 Å². The zero-order chi connectivity index (χ0) is 13.1. The summed E-state index contributed by atoms with van der Waals surface area (Å²) in [5.74, 6) is 7.05. The molecule has 0 saturated heterocycles. The number of nitrogens with two attached hydrogens (primary N) is 1. The molecule has 3 N–H and O–H groups in total. The number of pyridine rings is 1. The Kier molecular flexibility index (Phi) is 3.00. The minimum atomic E-state index is 0.753. The molecule has 0 aliphatic heterocycles. The van der Waals surface area contributed by atoms with Gasteiger partial charge >= 0.3 is 0 Å². The molecule has 0 radical (unpaired) electrons. The van der Waals surface area contributed by atoms with E-state index in [1.165, 1.54) is 0 Å². The van der Waals surface area contributed by atoms with E-state index in [-0.39, 0.29) is 0 Å². The molecule has 2 aromatic carbocycles. The van der Waals surface area contributed by atoms with Crippen LogP contribution in [0.25, 0.3) is 10.9 Å². The zero-order valence-electron chi connectivity index (χ0n) is 10.2. The van der Waals surface area contributed by atoms with Crippen LogP contribution < -0.4 is 16.0 Å². The van der Waals surface area contributed by atoms with Gasteiger partial charge in [0.15, 0.2) is 0 Å². The zero-order valence-corrected chi connectivity index (χ0v) is 10.2. The van der Waals surface area contributed by atoms with Gasteiger partial charge in [0.05, 0.1) is 11.2 Å². The van der Waals surface area contributed by atoms with Crippen LogP contribution in [-0.4, -0.2) is 4.98 Å². The number of nitrogens with zero attached hydrogens (tertiary/aromatic N) is 1. The molecule has 0 saturated carbocycles. The second-order valence-corrected chi connectivity index (χ2v) is 4.10. The predicted octanol–water partition coefficient (Wildman–Crippen LogP) is 3.31. The molecule has 19 heavy (non-hydrogen) atoms. The highest BCUT2D eigenvalue weighted by atomic mass is 16.5. The molecule has 0 atom stereocenters. The number of para-hydroxylation sites is 1. The molecular weight excluding hydrogens is 238 g/mol. The first kappa shape index (κ1) is 11.5. The van der Waals surface area contributed by atoms with Crippen LogP contribution in [0.15, 0.2) is 60.8 Å². The van der Waals surface area contributed by atoms with Gasteiger partial charge in [0.2, 0.25) is 0 Å². The van der Waals surface area contributed by atoms with Crippen LogP contribution in [0.2, 0.25) is 0 Å². The van der Waals surface area contributed by atoms with Gasteiger partial charge in [-0.1, -0.05) is 18.2 Å². The number of benzene rings is 2. The van der Waals surface area contributed by atoms with Crippen molar-refractivity contribution in [3.05, 3.63) is 60.8 Å². The minimum Gasteiger partial charge on any atom is -0.457 e. The fourth-order valence-corrected chi connectivity index (χ4v) is 1.94. The Bertz CT molecular complexity index is 698. The highest BCUT2D eigenvalue weighted by Gasteiger charge is 2.03. The number of hydrogen-bond acceptors (Lipinski definition) is 4. The first-order valence-corrected chi connectivity index (χ1v) is 5.95. The van der Waals surface area contributed by atoms with E-state index >= 15 is 0 Å². The Morgan fingerprint density at radius 1 is 0.947 bits per heavy atom. The average Bonchev–Trinajstić information content (AvgIpc) is 2.47. The summed E-state index contributed by atoms with van der Waals surface area (Å²) >= 11 is 0. The number of aromatic nitrogens is 1. The van der Waals surface area contributed by atoms with Gasteiger partial charge in [-0.2, -0.15) is 0 Å². The molecule has 1 heterocycles. The molecule has 4 heteroatoms. The summed E-state index contributed by atoms with van der Waals surface area (Å²) in [4.78, 5) is 4.29. The summed E-state index contributed by atoms with van der Waals surface area (Å²) in [6.45, 7) is 0. The van der Waals surface area contributed by atoms with E-state index in [0.29, 0.717) is 0 Å². The van der Waals surface area contributed by atoms with E-state index in [9.17, 15) is 0 Å². The number of nitrogens with one attached hydrogen (secondary N) is 1. The lowest BCUT2D eigenvalue weighted by Gasteiger charge is -2.08. The van der Waals surface area contributed by atoms with E-state index in [1.54, 1.807) is 6.20 Å². The number of hydrogen-bond donors (Lipinski definition) is 2. The Hall–Kier alpha value is -2.59. The van der Waals surface area contributed by atoms with Crippen LogP contribution in [-0.2, 0) is 0 Å². The third kappa shape index (κ3) is 2.34. The Morgan fingerprint density at radius 2 is 1.79 bits per heavy atom. The number of nitrogen functional groups attached to an aromatic ring is 1. The van der Waals surface area contributed by atoms with Gasteiger partial charge in [0, 0.05) is 11.6 Å². The van der Waals surface area contributed by atoms with Gasteiger partial charge in [0.1, 0.15) is 11.5 Å². The molecule has 3 rings (SSSR count). The Balaban J connectivity index is 2.01. The van der Waals surface area contributed by atoms with Crippen molar-refractivity contribution in [3.63, 3.8) is 0 Å². The third-order valence-corrected chi connectivity index (χ3v) is 2.85. The van der Waals surface area contributed by atoms with Crippen LogP contribution in [0.3, 0.4) is 0 Å². The van der Waals surface area contributed by atoms with Crippen LogP contribution in [0.5, 0.6) is 11.5 Å². The molecule has 1 aromatic heterocycles. The van der Waals surface area contributed by atoms with E-state index in [0.717, 1.165) is 28.1 Å². The lowest BCUT2D eigenvalue weighted by molar-refractivity contribution is 0.483. The maximum absolute atomic E-state index is 5.79. The molecule has 0 bridgehead atoms. The molecule has 0 aliphatic carbocycles. The average molecular weight is 251 g/mol. The molecule has 0 spiro atoms. The summed E-state index contributed by atoms with van der Waals surface area (Å²) in [6, 6.07) is 17.2. The quantitative estimate of drug-likeness (QED) is 0.554. The lowest BCUT2D eigenvalue weighted by Crippen LogP contribution is -2.07. The van der Waals surface area contributed by atoms with Crippen molar-refractivity contribution in [2.24, 2.45) is 5.84 Å². The molecule has 0 unspecified atom stereocenters. The summed E-state index contributed by atoms with van der Waals surface area (Å²) in [7, 11) is 0. The first-order valence-electron chi connectivity index (χ1n) is 5.95. The minimum absolute atomic E-state index is 0.753. The molecule has 4 nitrogen and oxygen atoms in total. The van der Waals surface area contributed by atoms with Crippen molar-refractivity contribution in [1.29, 1.82) is 0 Å². The number of anilines is 1. The summed E-state index contributed by atoms with van der Waals surface area (Å²) in [5.41, 5.74) is 4.36. The first-order chi connectivity index (χ1) is 9.36. The largest absolute Gasteiger partial charge is 0.457 e. The highest BCUT2D eigenvalue weighted by Crippen LogP contribution is 2.28. The fourth-order valence-electron chi connectivity index (χ4n) is 1.94. The number of hydrazine groups is 1. The van der Waals surface area contributed by atoms with Crippen molar-refractivity contribution in [2.45, 2.75) is 0 Å². The van der Waals surface area contributed by atoms with Gasteiger partial charge in [-0.05, 0) is 36.4 Å². The smallest absolute Gasteiger partial charge is 0.128 e. The summed E-state index contributed by atoms with van der Waals surface area (Å²) in [6.07, 6.45) is 1.72. The topological polar surface area (TPSA) is 60.2 Å². The van der Waals surface area contributed by atoms with E-state index in [1.807, 2.05) is 54.6 Å². The van der Waals surface area contributed by atoms with Gasteiger partial charge in [0.25, 0.3) is 0 Å². The number of fused-ring (bicyclic) bond motifs is 1. The van der Waals surface area contributed by atoms with Crippen molar-refractivity contribution >= 4 is 16.6 Å². The SMILES string of the molecule is NNc1ccnc2ccc(Oc3ccccc3)cc12. The molecule has 0 fully saturated rings. The molecular formula is C15H13N3O. The second kappa shape index (κ2) is 4.96. The Morgan fingerprint density at radius 3 is 2.58 bits per heavy atom. The highest BCUT2D eigenvalue weighted by molar-refractivity contribution is 5.91. The normalized spacial score (nSPS) is 10.4. The molecule has 0 aliphatic rings. The van der Waals surface area contributed by atoms with Crippen molar-refractivity contribution in [3.8, 4) is 11.5 Å².